The van der Waals surface area contributed by atoms with E-state index in [1.807, 2.05) is 25.1 Å². The van der Waals surface area contributed by atoms with E-state index < -0.39 is 0 Å². The fraction of sp³-hybridized carbons (Fsp3) is 0.435. The van der Waals surface area contributed by atoms with Crippen molar-refractivity contribution in [3.05, 3.63) is 54.1 Å². The van der Waals surface area contributed by atoms with E-state index in [1.165, 1.54) is 23.3 Å². The highest BCUT2D eigenvalue weighted by Crippen LogP contribution is 2.32. The SMILES string of the molecule is C[C@@H](C(=O)Nc1ccc2c(c1)OCCO2)[NH+]1CCC(Cc2ccccc2)CC1. The highest BCUT2D eigenvalue weighted by molar-refractivity contribution is 5.93. The van der Waals surface area contributed by atoms with Crippen LogP contribution in [-0.4, -0.2) is 38.3 Å². The minimum atomic E-state index is -0.0640. The number of carbonyl (C=O) groups is 1. The van der Waals surface area contributed by atoms with E-state index in [2.05, 4.69) is 35.6 Å². The van der Waals surface area contributed by atoms with Gasteiger partial charge in [-0.1, -0.05) is 30.3 Å². The predicted octanol–water partition coefficient (Wildman–Crippen LogP) is 2.32. The zero-order valence-corrected chi connectivity index (χ0v) is 16.4. The first-order valence-corrected chi connectivity index (χ1v) is 10.3. The van der Waals surface area contributed by atoms with Crippen molar-refractivity contribution in [1.82, 2.24) is 0 Å². The summed E-state index contributed by atoms with van der Waals surface area (Å²) in [4.78, 5) is 14.1. The molecule has 0 aliphatic carbocycles. The molecule has 2 heterocycles. The third-order valence-corrected chi connectivity index (χ3v) is 5.93. The van der Waals surface area contributed by atoms with E-state index in [1.54, 1.807) is 0 Å². The summed E-state index contributed by atoms with van der Waals surface area (Å²) in [5.41, 5.74) is 2.18. The molecule has 0 saturated carbocycles. The number of fused-ring (bicyclic) bond motifs is 1. The van der Waals surface area contributed by atoms with Crippen molar-refractivity contribution in [2.24, 2.45) is 5.92 Å². The van der Waals surface area contributed by atoms with Gasteiger partial charge in [-0.25, -0.2) is 0 Å². The van der Waals surface area contributed by atoms with Crippen LogP contribution in [0.25, 0.3) is 0 Å². The number of rotatable bonds is 5. The van der Waals surface area contributed by atoms with Gasteiger partial charge in [0.05, 0.1) is 13.1 Å². The molecule has 2 aromatic rings. The monoisotopic (exact) mass is 381 g/mol. The minimum absolute atomic E-state index is 0.0631. The van der Waals surface area contributed by atoms with Crippen molar-refractivity contribution in [3.8, 4) is 11.5 Å². The number of hydrogen-bond acceptors (Lipinski definition) is 3. The van der Waals surface area contributed by atoms with Gasteiger partial charge in [-0.05, 0) is 49.8 Å². The van der Waals surface area contributed by atoms with Gasteiger partial charge < -0.3 is 19.7 Å². The molecule has 1 amide bonds. The lowest BCUT2D eigenvalue weighted by molar-refractivity contribution is -0.919. The van der Waals surface area contributed by atoms with Crippen LogP contribution in [0.5, 0.6) is 11.5 Å². The number of nitrogens with one attached hydrogen (secondary N) is 2. The maximum atomic E-state index is 12.7. The molecule has 0 bridgehead atoms. The Hall–Kier alpha value is -2.53. The quantitative estimate of drug-likeness (QED) is 0.836. The molecule has 0 spiro atoms. The summed E-state index contributed by atoms with van der Waals surface area (Å²) in [5, 5.41) is 3.04. The van der Waals surface area contributed by atoms with Crippen molar-refractivity contribution in [3.63, 3.8) is 0 Å². The van der Waals surface area contributed by atoms with Crippen molar-refractivity contribution in [2.75, 3.05) is 31.6 Å². The lowest BCUT2D eigenvalue weighted by Crippen LogP contribution is -3.17. The van der Waals surface area contributed by atoms with Crippen molar-refractivity contribution in [2.45, 2.75) is 32.2 Å². The summed E-state index contributed by atoms with van der Waals surface area (Å²) < 4.78 is 11.1. The third-order valence-electron chi connectivity index (χ3n) is 5.93. The molecule has 0 aromatic heterocycles. The predicted molar refractivity (Wildman–Crippen MR) is 109 cm³/mol. The van der Waals surface area contributed by atoms with Crippen LogP contribution in [0.1, 0.15) is 25.3 Å². The second-order valence-corrected chi connectivity index (χ2v) is 7.86. The molecular formula is C23H29N2O3+. The molecule has 2 aliphatic heterocycles. The Balaban J connectivity index is 1.29. The fourth-order valence-corrected chi connectivity index (χ4v) is 4.19. The van der Waals surface area contributed by atoms with Crippen LogP contribution in [0.3, 0.4) is 0 Å². The Morgan fingerprint density at radius 1 is 1.07 bits per heavy atom. The van der Waals surface area contributed by atoms with Crippen LogP contribution in [0.2, 0.25) is 0 Å². The van der Waals surface area contributed by atoms with E-state index >= 15 is 0 Å². The first kappa shape index (κ1) is 18.8. The molecule has 1 fully saturated rings. The summed E-state index contributed by atoms with van der Waals surface area (Å²) in [7, 11) is 0. The van der Waals surface area contributed by atoms with Crippen molar-refractivity contribution >= 4 is 11.6 Å². The molecule has 0 radical (unpaired) electrons. The Morgan fingerprint density at radius 2 is 1.79 bits per heavy atom. The second-order valence-electron chi connectivity index (χ2n) is 7.86. The first-order valence-electron chi connectivity index (χ1n) is 10.3. The zero-order chi connectivity index (χ0) is 19.3. The Morgan fingerprint density at radius 3 is 2.54 bits per heavy atom. The van der Waals surface area contributed by atoms with Gasteiger partial charge >= 0.3 is 0 Å². The number of amides is 1. The molecule has 28 heavy (non-hydrogen) atoms. The molecule has 5 nitrogen and oxygen atoms in total. The van der Waals surface area contributed by atoms with Gasteiger partial charge in [-0.3, -0.25) is 4.79 Å². The highest BCUT2D eigenvalue weighted by Gasteiger charge is 2.30. The van der Waals surface area contributed by atoms with E-state index in [0.717, 1.165) is 36.9 Å². The summed E-state index contributed by atoms with van der Waals surface area (Å²) in [6.45, 7) is 5.24. The van der Waals surface area contributed by atoms with E-state index in [4.69, 9.17) is 9.47 Å². The molecule has 2 N–H and O–H groups in total. The van der Waals surface area contributed by atoms with Gasteiger partial charge in [0.25, 0.3) is 5.91 Å². The molecule has 2 aromatic carbocycles. The van der Waals surface area contributed by atoms with Gasteiger partial charge in [0.15, 0.2) is 17.5 Å². The number of piperidine rings is 1. The lowest BCUT2D eigenvalue weighted by Gasteiger charge is -2.32. The number of quaternary nitrogens is 1. The van der Waals surface area contributed by atoms with E-state index in [0.29, 0.717) is 19.0 Å². The Labute approximate surface area is 166 Å². The summed E-state index contributed by atoms with van der Waals surface area (Å²) >= 11 is 0. The molecular weight excluding hydrogens is 352 g/mol. The van der Waals surface area contributed by atoms with E-state index in [-0.39, 0.29) is 11.9 Å². The topological polar surface area (TPSA) is 52.0 Å². The van der Waals surface area contributed by atoms with Crippen LogP contribution in [-0.2, 0) is 11.2 Å². The smallest absolute Gasteiger partial charge is 0.282 e. The highest BCUT2D eigenvalue weighted by atomic mass is 16.6. The molecule has 1 atom stereocenters. The Bertz CT molecular complexity index is 801. The van der Waals surface area contributed by atoms with Crippen LogP contribution >= 0.6 is 0 Å². The molecule has 1 saturated heterocycles. The maximum Gasteiger partial charge on any atom is 0.282 e. The summed E-state index contributed by atoms with van der Waals surface area (Å²) in [6, 6.07) is 16.2. The third kappa shape index (κ3) is 4.47. The number of benzene rings is 2. The van der Waals surface area contributed by atoms with Crippen molar-refractivity contribution < 1.29 is 19.2 Å². The molecule has 0 unspecified atom stereocenters. The van der Waals surface area contributed by atoms with Gasteiger partial charge in [0.1, 0.15) is 13.2 Å². The Kier molecular flexibility index (Phi) is 5.81. The number of ether oxygens (including phenoxy) is 2. The number of likely N-dealkylation sites (tertiary alicyclic amines) is 1. The normalized spacial score (nSPS) is 22.3. The lowest BCUT2D eigenvalue weighted by atomic mass is 9.89. The average Bonchev–Trinajstić information content (AvgIpc) is 2.74. The molecule has 2 aliphatic rings. The zero-order valence-electron chi connectivity index (χ0n) is 16.4. The van der Waals surface area contributed by atoms with Crippen molar-refractivity contribution in [1.29, 1.82) is 0 Å². The van der Waals surface area contributed by atoms with Gasteiger partial charge in [0.2, 0.25) is 0 Å². The number of carbonyl (C=O) groups excluding carboxylic acids is 1. The standard InChI is InChI=1S/C23H28N2O3/c1-17(23(26)24-20-7-8-21-22(16-20)28-14-13-27-21)25-11-9-19(10-12-25)15-18-5-3-2-4-6-18/h2-8,16-17,19H,9-15H2,1H3,(H,24,26)/p+1/t17-/m0/s1. The molecule has 5 heteroatoms. The largest absolute Gasteiger partial charge is 0.486 e. The van der Waals surface area contributed by atoms with Crippen LogP contribution in [0.15, 0.2) is 48.5 Å². The first-order chi connectivity index (χ1) is 13.7. The maximum absolute atomic E-state index is 12.7. The molecule has 148 valence electrons. The number of hydrogen-bond donors (Lipinski definition) is 2. The van der Waals surface area contributed by atoms with Crippen LogP contribution < -0.4 is 19.7 Å². The average molecular weight is 381 g/mol. The van der Waals surface area contributed by atoms with Gasteiger partial charge in [-0.2, -0.15) is 0 Å². The van der Waals surface area contributed by atoms with Gasteiger partial charge in [-0.15, -0.1) is 0 Å². The second kappa shape index (κ2) is 8.65. The van der Waals surface area contributed by atoms with Gasteiger partial charge in [0, 0.05) is 11.8 Å². The summed E-state index contributed by atoms with van der Waals surface area (Å²) in [5.74, 6) is 2.22. The van der Waals surface area contributed by atoms with Crippen LogP contribution in [0.4, 0.5) is 5.69 Å². The molecule has 4 rings (SSSR count). The number of anilines is 1. The van der Waals surface area contributed by atoms with Crippen LogP contribution in [0, 0.1) is 5.92 Å². The van der Waals surface area contributed by atoms with E-state index in [9.17, 15) is 4.79 Å². The fourth-order valence-electron chi connectivity index (χ4n) is 4.19. The minimum Gasteiger partial charge on any atom is -0.486 e. The summed E-state index contributed by atoms with van der Waals surface area (Å²) in [6.07, 6.45) is 3.49.